The second kappa shape index (κ2) is 8.79. The molecule has 0 heterocycles. The van der Waals surface area contributed by atoms with Crippen LogP contribution in [0.1, 0.15) is 37.1 Å². The molecule has 0 amide bonds. The zero-order chi connectivity index (χ0) is 16.7. The quantitative estimate of drug-likeness (QED) is 0.894. The molecule has 2 aromatic carbocycles. The van der Waals surface area contributed by atoms with E-state index in [1.807, 2.05) is 52.2 Å². The average Bonchev–Trinajstić information content (AvgIpc) is 2.48. The van der Waals surface area contributed by atoms with Crippen LogP contribution in [0, 0.1) is 0 Å². The Morgan fingerprint density at radius 2 is 1.41 bits per heavy atom. The van der Waals surface area contributed by atoms with E-state index in [1.54, 1.807) is 0 Å². The van der Waals surface area contributed by atoms with E-state index in [2.05, 4.69) is 29.2 Å². The van der Waals surface area contributed by atoms with Gasteiger partial charge in [0.2, 0.25) is 0 Å². The first-order valence-electron chi connectivity index (χ1n) is 7.35. The predicted octanol–water partition coefficient (Wildman–Crippen LogP) is 4.13. The normalized spacial score (nSPS) is 12.9. The summed E-state index contributed by atoms with van der Waals surface area (Å²) >= 11 is 5.73. The molecule has 0 saturated heterocycles. The van der Waals surface area contributed by atoms with Crippen molar-refractivity contribution < 1.29 is 0 Å². The minimum Gasteiger partial charge on any atom is -0.378 e. The number of anilines is 1. The third kappa shape index (κ3) is 6.06. The Bertz CT molecular complexity index is 536. The Kier molecular flexibility index (Phi) is 7.39. The molecule has 2 aromatic rings. The molecule has 2 unspecified atom stereocenters. The van der Waals surface area contributed by atoms with Crippen LogP contribution in [0.25, 0.3) is 0 Å². The van der Waals surface area contributed by atoms with Gasteiger partial charge in [0, 0.05) is 36.9 Å². The molecule has 0 radical (unpaired) electrons. The van der Waals surface area contributed by atoms with Crippen molar-refractivity contribution in [1.82, 2.24) is 0 Å². The van der Waals surface area contributed by atoms with Crippen molar-refractivity contribution >= 4 is 17.3 Å². The second-order valence-corrected chi connectivity index (χ2v) is 6.05. The highest BCUT2D eigenvalue weighted by Gasteiger charge is 1.99. The first kappa shape index (κ1) is 18.5. The van der Waals surface area contributed by atoms with Gasteiger partial charge in [-0.1, -0.05) is 35.9 Å². The predicted molar refractivity (Wildman–Crippen MR) is 97.4 cm³/mol. The van der Waals surface area contributed by atoms with Crippen molar-refractivity contribution in [2.24, 2.45) is 11.5 Å². The first-order valence-corrected chi connectivity index (χ1v) is 7.73. The van der Waals surface area contributed by atoms with Crippen LogP contribution in [-0.4, -0.2) is 14.1 Å². The van der Waals surface area contributed by atoms with E-state index >= 15 is 0 Å². The molecule has 0 bridgehead atoms. The number of benzene rings is 2. The van der Waals surface area contributed by atoms with Crippen LogP contribution in [0.3, 0.4) is 0 Å². The third-order valence-corrected chi connectivity index (χ3v) is 3.54. The molecule has 22 heavy (non-hydrogen) atoms. The summed E-state index contributed by atoms with van der Waals surface area (Å²) in [7, 11) is 4.06. The summed E-state index contributed by atoms with van der Waals surface area (Å²) < 4.78 is 0. The molecule has 0 aromatic heterocycles. The number of nitrogens with two attached hydrogens (primary N) is 2. The lowest BCUT2D eigenvalue weighted by molar-refractivity contribution is 0.818. The molecule has 2 atom stereocenters. The van der Waals surface area contributed by atoms with Gasteiger partial charge in [-0.2, -0.15) is 0 Å². The van der Waals surface area contributed by atoms with Crippen LogP contribution < -0.4 is 16.4 Å². The van der Waals surface area contributed by atoms with Crippen LogP contribution in [0.15, 0.2) is 48.5 Å². The van der Waals surface area contributed by atoms with E-state index < -0.39 is 0 Å². The van der Waals surface area contributed by atoms with E-state index in [9.17, 15) is 0 Å². The lowest BCUT2D eigenvalue weighted by Gasteiger charge is -2.13. The maximum Gasteiger partial charge on any atom is 0.0409 e. The Hall–Kier alpha value is -1.55. The number of halogens is 1. The SMILES string of the molecule is CC(N)c1ccc(N(C)C)cc1.CC(N)c1cccc(Cl)c1. The van der Waals surface area contributed by atoms with Crippen LogP contribution in [0.5, 0.6) is 0 Å². The molecule has 4 N–H and O–H groups in total. The summed E-state index contributed by atoms with van der Waals surface area (Å²) in [6.45, 7) is 3.93. The largest absolute Gasteiger partial charge is 0.378 e. The third-order valence-electron chi connectivity index (χ3n) is 3.31. The van der Waals surface area contributed by atoms with Crippen molar-refractivity contribution in [3.63, 3.8) is 0 Å². The summed E-state index contributed by atoms with van der Waals surface area (Å²) in [5, 5.41) is 0.745. The lowest BCUT2D eigenvalue weighted by atomic mass is 10.1. The monoisotopic (exact) mass is 319 g/mol. The van der Waals surface area contributed by atoms with Crippen LogP contribution in [0.2, 0.25) is 5.02 Å². The van der Waals surface area contributed by atoms with Gasteiger partial charge in [0.05, 0.1) is 0 Å². The molecule has 0 spiro atoms. The standard InChI is InChI=1S/C10H16N2.C8H10ClN/c1-8(11)9-4-6-10(7-5-9)12(2)3;1-6(10)7-3-2-4-8(9)5-7/h4-8H,11H2,1-3H3;2-6H,10H2,1H3. The van der Waals surface area contributed by atoms with Gasteiger partial charge in [-0.3, -0.25) is 0 Å². The summed E-state index contributed by atoms with van der Waals surface area (Å²) in [6.07, 6.45) is 0. The Morgan fingerprint density at radius 3 is 1.77 bits per heavy atom. The lowest BCUT2D eigenvalue weighted by Crippen LogP contribution is -2.09. The van der Waals surface area contributed by atoms with Gasteiger partial charge in [-0.15, -0.1) is 0 Å². The number of nitrogens with zero attached hydrogens (tertiary/aromatic N) is 1. The Labute approximate surface area is 138 Å². The summed E-state index contributed by atoms with van der Waals surface area (Å²) in [5.41, 5.74) is 14.8. The highest BCUT2D eigenvalue weighted by Crippen LogP contribution is 2.16. The fourth-order valence-electron chi connectivity index (χ4n) is 1.87. The van der Waals surface area contributed by atoms with E-state index in [0.29, 0.717) is 0 Å². The molecule has 0 aliphatic heterocycles. The number of hydrogen-bond acceptors (Lipinski definition) is 3. The van der Waals surface area contributed by atoms with Crippen molar-refractivity contribution in [1.29, 1.82) is 0 Å². The van der Waals surface area contributed by atoms with E-state index in [1.165, 1.54) is 11.3 Å². The van der Waals surface area contributed by atoms with Crippen molar-refractivity contribution in [2.75, 3.05) is 19.0 Å². The summed E-state index contributed by atoms with van der Waals surface area (Å²) in [5.74, 6) is 0. The van der Waals surface area contributed by atoms with Crippen LogP contribution in [-0.2, 0) is 0 Å². The molecule has 0 aliphatic carbocycles. The second-order valence-electron chi connectivity index (χ2n) is 5.62. The van der Waals surface area contributed by atoms with Crippen molar-refractivity contribution in [2.45, 2.75) is 25.9 Å². The van der Waals surface area contributed by atoms with Gasteiger partial charge < -0.3 is 16.4 Å². The minimum absolute atomic E-state index is 0.0682. The summed E-state index contributed by atoms with van der Waals surface area (Å²) in [6, 6.07) is 16.1. The number of rotatable bonds is 3. The molecular weight excluding hydrogens is 294 g/mol. The average molecular weight is 320 g/mol. The molecule has 0 fully saturated rings. The van der Waals surface area contributed by atoms with E-state index in [0.717, 1.165) is 10.6 Å². The van der Waals surface area contributed by atoms with Gasteiger partial charge in [0.25, 0.3) is 0 Å². The Balaban J connectivity index is 0.000000224. The van der Waals surface area contributed by atoms with Gasteiger partial charge in [0.1, 0.15) is 0 Å². The minimum atomic E-state index is 0.0682. The highest BCUT2D eigenvalue weighted by atomic mass is 35.5. The molecule has 120 valence electrons. The molecule has 2 rings (SSSR count). The van der Waals surface area contributed by atoms with E-state index in [4.69, 9.17) is 23.1 Å². The van der Waals surface area contributed by atoms with Crippen LogP contribution in [0.4, 0.5) is 5.69 Å². The Morgan fingerprint density at radius 1 is 0.864 bits per heavy atom. The molecule has 0 saturated carbocycles. The van der Waals surface area contributed by atoms with Gasteiger partial charge >= 0.3 is 0 Å². The maximum absolute atomic E-state index is 5.73. The molecule has 3 nitrogen and oxygen atoms in total. The smallest absolute Gasteiger partial charge is 0.0409 e. The zero-order valence-electron chi connectivity index (χ0n) is 13.8. The maximum atomic E-state index is 5.73. The fourth-order valence-corrected chi connectivity index (χ4v) is 2.06. The fraction of sp³-hybridized carbons (Fsp3) is 0.333. The summed E-state index contributed by atoms with van der Waals surface area (Å²) in [4.78, 5) is 2.07. The highest BCUT2D eigenvalue weighted by molar-refractivity contribution is 6.30. The van der Waals surface area contributed by atoms with Crippen molar-refractivity contribution in [3.8, 4) is 0 Å². The molecule has 0 aliphatic rings. The van der Waals surface area contributed by atoms with E-state index in [-0.39, 0.29) is 12.1 Å². The van der Waals surface area contributed by atoms with Crippen LogP contribution >= 0.6 is 11.6 Å². The van der Waals surface area contributed by atoms with Crippen molar-refractivity contribution in [3.05, 3.63) is 64.7 Å². The van der Waals surface area contributed by atoms with Gasteiger partial charge in [0.15, 0.2) is 0 Å². The topological polar surface area (TPSA) is 55.3 Å². The zero-order valence-corrected chi connectivity index (χ0v) is 14.5. The van der Waals surface area contributed by atoms with Gasteiger partial charge in [-0.25, -0.2) is 0 Å². The molecule has 4 heteroatoms. The van der Waals surface area contributed by atoms with Gasteiger partial charge in [-0.05, 0) is 49.2 Å². The first-order chi connectivity index (χ1) is 10.3. The number of hydrogen-bond donors (Lipinski definition) is 2. The molecular formula is C18H26ClN3.